The molecule has 2 amide bonds. The Morgan fingerprint density at radius 3 is 2.39 bits per heavy atom. The molecule has 1 N–H and O–H groups in total. The van der Waals surface area contributed by atoms with Gasteiger partial charge in [0.1, 0.15) is 6.61 Å². The molecule has 3 heterocycles. The molecule has 9 heteroatoms. The fourth-order valence-corrected chi connectivity index (χ4v) is 4.61. The molecule has 1 saturated heterocycles. The first-order valence-electron chi connectivity index (χ1n) is 12.2. The van der Waals surface area contributed by atoms with E-state index < -0.39 is 6.10 Å². The number of nitrogens with zero attached hydrogens (tertiary/aromatic N) is 4. The van der Waals surface area contributed by atoms with Crippen LogP contribution < -0.4 is 14.8 Å². The topological polar surface area (TPSA) is 88.9 Å². The Morgan fingerprint density at radius 1 is 0.972 bits per heavy atom. The summed E-state index contributed by atoms with van der Waals surface area (Å²) in [5.74, 6) is 1.08. The van der Waals surface area contributed by atoms with E-state index in [1.165, 1.54) is 5.56 Å². The lowest BCUT2D eigenvalue weighted by molar-refractivity contribution is -0.143. The fourth-order valence-electron chi connectivity index (χ4n) is 4.61. The molecule has 0 radical (unpaired) electrons. The van der Waals surface area contributed by atoms with Crippen LogP contribution in [0.25, 0.3) is 5.69 Å². The minimum atomic E-state index is -0.647. The van der Waals surface area contributed by atoms with Crippen molar-refractivity contribution in [3.8, 4) is 17.2 Å². The summed E-state index contributed by atoms with van der Waals surface area (Å²) >= 11 is 0. The van der Waals surface area contributed by atoms with Crippen molar-refractivity contribution in [2.75, 3.05) is 44.6 Å². The van der Waals surface area contributed by atoms with Crippen molar-refractivity contribution in [2.45, 2.75) is 26.9 Å². The maximum absolute atomic E-state index is 13.0. The predicted octanol–water partition coefficient (Wildman–Crippen LogP) is 2.72. The first kappa shape index (κ1) is 23.9. The van der Waals surface area contributed by atoms with Gasteiger partial charge in [0.15, 0.2) is 11.5 Å². The second kappa shape index (κ2) is 10.0. The van der Waals surface area contributed by atoms with E-state index in [2.05, 4.69) is 15.3 Å². The molecule has 36 heavy (non-hydrogen) atoms. The first-order valence-corrected chi connectivity index (χ1v) is 12.2. The van der Waals surface area contributed by atoms with Gasteiger partial charge in [-0.1, -0.05) is 29.8 Å². The molecule has 2 aliphatic heterocycles. The lowest BCUT2D eigenvalue weighted by Gasteiger charge is -2.36. The maximum Gasteiger partial charge on any atom is 0.267 e. The van der Waals surface area contributed by atoms with Gasteiger partial charge in [-0.25, -0.2) is 4.68 Å². The summed E-state index contributed by atoms with van der Waals surface area (Å²) in [7, 11) is 0. The SMILES string of the molecule is Cc1ccc(-n2nc(C)c(NC(=O)CN3CCN(C(=O)C4COc5ccccc5O4)CC3)c2C)cc1. The van der Waals surface area contributed by atoms with Crippen LogP contribution in [0, 0.1) is 20.8 Å². The van der Waals surface area contributed by atoms with Gasteiger partial charge in [-0.05, 0) is 45.0 Å². The van der Waals surface area contributed by atoms with Gasteiger partial charge < -0.3 is 19.7 Å². The molecule has 5 rings (SSSR count). The minimum Gasteiger partial charge on any atom is -0.485 e. The lowest BCUT2D eigenvalue weighted by atomic mass is 10.2. The number of para-hydroxylation sites is 2. The van der Waals surface area contributed by atoms with Crippen LogP contribution in [0.2, 0.25) is 0 Å². The Balaban J connectivity index is 1.14. The zero-order chi connectivity index (χ0) is 25.2. The van der Waals surface area contributed by atoms with Crippen LogP contribution in [0.5, 0.6) is 11.5 Å². The number of aryl methyl sites for hydroxylation is 2. The van der Waals surface area contributed by atoms with E-state index in [1.807, 2.05) is 67.9 Å². The normalized spacial score (nSPS) is 17.6. The quantitative estimate of drug-likeness (QED) is 0.593. The molecule has 2 aromatic carbocycles. The number of carbonyl (C=O) groups is 2. The minimum absolute atomic E-state index is 0.0802. The number of hydrogen-bond acceptors (Lipinski definition) is 6. The van der Waals surface area contributed by atoms with E-state index in [9.17, 15) is 9.59 Å². The Hall–Kier alpha value is -3.85. The van der Waals surface area contributed by atoms with Gasteiger partial charge >= 0.3 is 0 Å². The van der Waals surface area contributed by atoms with Crippen LogP contribution in [-0.4, -0.2) is 76.8 Å². The second-order valence-electron chi connectivity index (χ2n) is 9.31. The highest BCUT2D eigenvalue weighted by molar-refractivity contribution is 5.93. The van der Waals surface area contributed by atoms with E-state index in [4.69, 9.17) is 9.47 Å². The molecule has 0 spiro atoms. The highest BCUT2D eigenvalue weighted by Gasteiger charge is 2.33. The third-order valence-corrected chi connectivity index (χ3v) is 6.67. The van der Waals surface area contributed by atoms with E-state index in [0.717, 1.165) is 22.8 Å². The van der Waals surface area contributed by atoms with Crippen LogP contribution >= 0.6 is 0 Å². The molecule has 0 saturated carbocycles. The summed E-state index contributed by atoms with van der Waals surface area (Å²) in [4.78, 5) is 29.7. The molecule has 2 aliphatic rings. The van der Waals surface area contributed by atoms with Crippen molar-refractivity contribution < 1.29 is 19.1 Å². The Bertz CT molecular complexity index is 1260. The third-order valence-electron chi connectivity index (χ3n) is 6.67. The lowest BCUT2D eigenvalue weighted by Crippen LogP contribution is -2.54. The average molecular weight is 490 g/mol. The summed E-state index contributed by atoms with van der Waals surface area (Å²) in [6.45, 7) is 8.66. The van der Waals surface area contributed by atoms with Crippen molar-refractivity contribution in [2.24, 2.45) is 0 Å². The number of fused-ring (bicyclic) bond motifs is 1. The second-order valence-corrected chi connectivity index (χ2v) is 9.31. The number of piperazine rings is 1. The van der Waals surface area contributed by atoms with Gasteiger partial charge in [0.05, 0.1) is 29.3 Å². The summed E-state index contributed by atoms with van der Waals surface area (Å²) in [5, 5.41) is 7.66. The van der Waals surface area contributed by atoms with E-state index >= 15 is 0 Å². The fraction of sp³-hybridized carbons (Fsp3) is 0.370. The van der Waals surface area contributed by atoms with Gasteiger partial charge in [0.25, 0.3) is 5.91 Å². The molecular formula is C27H31N5O4. The van der Waals surface area contributed by atoms with Gasteiger partial charge in [-0.15, -0.1) is 0 Å². The largest absolute Gasteiger partial charge is 0.485 e. The van der Waals surface area contributed by atoms with E-state index in [-0.39, 0.29) is 25.0 Å². The highest BCUT2D eigenvalue weighted by Crippen LogP contribution is 2.31. The summed E-state index contributed by atoms with van der Waals surface area (Å²) in [5.41, 5.74) is 4.53. The Kier molecular flexibility index (Phi) is 6.65. The number of benzene rings is 2. The van der Waals surface area contributed by atoms with Crippen LogP contribution in [0.4, 0.5) is 5.69 Å². The van der Waals surface area contributed by atoms with Crippen molar-refractivity contribution >= 4 is 17.5 Å². The van der Waals surface area contributed by atoms with E-state index in [1.54, 1.807) is 11.0 Å². The van der Waals surface area contributed by atoms with Crippen LogP contribution in [0.3, 0.4) is 0 Å². The summed E-state index contributed by atoms with van der Waals surface area (Å²) in [6, 6.07) is 15.5. The van der Waals surface area contributed by atoms with Crippen molar-refractivity contribution in [1.82, 2.24) is 19.6 Å². The molecule has 1 fully saturated rings. The maximum atomic E-state index is 13.0. The molecular weight excluding hydrogens is 458 g/mol. The van der Waals surface area contributed by atoms with E-state index in [0.29, 0.717) is 37.7 Å². The van der Waals surface area contributed by atoms with Crippen LogP contribution in [-0.2, 0) is 9.59 Å². The van der Waals surface area contributed by atoms with Crippen molar-refractivity contribution in [3.63, 3.8) is 0 Å². The molecule has 1 unspecified atom stereocenters. The monoisotopic (exact) mass is 489 g/mol. The number of anilines is 1. The summed E-state index contributed by atoms with van der Waals surface area (Å²) in [6.07, 6.45) is -0.647. The molecule has 1 aromatic heterocycles. The third kappa shape index (κ3) is 4.92. The molecule has 1 atom stereocenters. The number of carbonyl (C=O) groups excluding carboxylic acids is 2. The molecule has 188 valence electrons. The number of ether oxygens (including phenoxy) is 2. The molecule has 9 nitrogen and oxygen atoms in total. The zero-order valence-corrected chi connectivity index (χ0v) is 20.9. The predicted molar refractivity (Wildman–Crippen MR) is 136 cm³/mol. The smallest absolute Gasteiger partial charge is 0.267 e. The number of rotatable bonds is 5. The van der Waals surface area contributed by atoms with Crippen molar-refractivity contribution in [3.05, 3.63) is 65.5 Å². The van der Waals surface area contributed by atoms with Crippen molar-refractivity contribution in [1.29, 1.82) is 0 Å². The number of amides is 2. The molecule has 0 bridgehead atoms. The standard InChI is InChI=1S/C27H31N5O4/c1-18-8-10-21(11-9-18)32-20(3)26(19(2)29-32)28-25(33)16-30-12-14-31(15-13-30)27(34)24-17-35-22-6-4-5-7-23(22)36-24/h4-11,24H,12-17H2,1-3H3,(H,28,33). The summed E-state index contributed by atoms with van der Waals surface area (Å²) < 4.78 is 13.4. The van der Waals surface area contributed by atoms with Gasteiger partial charge in [-0.3, -0.25) is 14.5 Å². The van der Waals surface area contributed by atoms with Crippen LogP contribution in [0.15, 0.2) is 48.5 Å². The zero-order valence-electron chi connectivity index (χ0n) is 20.9. The molecule has 0 aliphatic carbocycles. The highest BCUT2D eigenvalue weighted by atomic mass is 16.6. The first-order chi connectivity index (χ1) is 17.4. The Labute approximate surface area is 210 Å². The number of hydrogen-bond donors (Lipinski definition) is 1. The average Bonchev–Trinajstić information content (AvgIpc) is 3.17. The van der Waals surface area contributed by atoms with Gasteiger partial charge in [0.2, 0.25) is 12.0 Å². The van der Waals surface area contributed by atoms with Gasteiger partial charge in [0, 0.05) is 26.2 Å². The number of aromatic nitrogens is 2. The number of nitrogens with one attached hydrogen (secondary N) is 1. The Morgan fingerprint density at radius 2 is 1.67 bits per heavy atom. The van der Waals surface area contributed by atoms with Crippen LogP contribution in [0.1, 0.15) is 17.0 Å². The van der Waals surface area contributed by atoms with Gasteiger partial charge in [-0.2, -0.15) is 5.10 Å². The molecule has 3 aromatic rings.